The Hall–Kier alpha value is -1.99. The summed E-state index contributed by atoms with van der Waals surface area (Å²) in [5, 5.41) is 5.84. The summed E-state index contributed by atoms with van der Waals surface area (Å²) < 4.78 is 1.63. The van der Waals surface area contributed by atoms with Gasteiger partial charge in [-0.05, 0) is 6.07 Å². The zero-order valence-electron chi connectivity index (χ0n) is 13.2. The minimum Gasteiger partial charge on any atom is -0.383 e. The molecule has 124 valence electrons. The molecule has 1 saturated heterocycles. The third-order valence-electron chi connectivity index (χ3n) is 4.15. The van der Waals surface area contributed by atoms with Gasteiger partial charge in [-0.1, -0.05) is 29.8 Å². The number of rotatable bonds is 2. The van der Waals surface area contributed by atoms with Gasteiger partial charge in [-0.2, -0.15) is 21.8 Å². The Morgan fingerprint density at radius 2 is 1.92 bits per heavy atom. The predicted molar refractivity (Wildman–Crippen MR) is 101 cm³/mol. The molecule has 2 aromatic heterocycles. The third-order valence-corrected chi connectivity index (χ3v) is 5.42. The van der Waals surface area contributed by atoms with E-state index in [1.165, 1.54) is 0 Å². The fraction of sp³-hybridized carbons (Fsp3) is 0.312. The number of nitrogens with two attached hydrogens (primary N) is 1. The van der Waals surface area contributed by atoms with Crippen molar-refractivity contribution < 1.29 is 0 Å². The first-order chi connectivity index (χ1) is 11.6. The summed E-state index contributed by atoms with van der Waals surface area (Å²) in [6.07, 6.45) is 0. The molecule has 8 heteroatoms. The van der Waals surface area contributed by atoms with Gasteiger partial charge >= 0.3 is 0 Å². The average Bonchev–Trinajstić information content (AvgIpc) is 2.90. The minimum atomic E-state index is 0.542. The first kappa shape index (κ1) is 15.5. The predicted octanol–water partition coefficient (Wildman–Crippen LogP) is 2.82. The van der Waals surface area contributed by atoms with Crippen LogP contribution in [0.25, 0.3) is 22.3 Å². The van der Waals surface area contributed by atoms with Crippen LogP contribution in [0.4, 0.5) is 11.8 Å². The molecule has 0 aliphatic carbocycles. The Morgan fingerprint density at radius 3 is 2.67 bits per heavy atom. The second-order valence-corrected chi connectivity index (χ2v) is 7.29. The highest BCUT2D eigenvalue weighted by molar-refractivity contribution is 7.99. The highest BCUT2D eigenvalue weighted by Crippen LogP contribution is 2.35. The Kier molecular flexibility index (Phi) is 3.97. The fourth-order valence-corrected chi connectivity index (χ4v) is 3.98. The number of aromatic nitrogens is 4. The van der Waals surface area contributed by atoms with Gasteiger partial charge in [-0.15, -0.1) is 0 Å². The Bertz CT molecular complexity index is 903. The largest absolute Gasteiger partial charge is 0.383 e. The number of hydrogen-bond acceptors (Lipinski definition) is 6. The lowest BCUT2D eigenvalue weighted by Gasteiger charge is -2.26. The van der Waals surface area contributed by atoms with Crippen molar-refractivity contribution in [1.82, 2.24) is 19.7 Å². The number of anilines is 2. The van der Waals surface area contributed by atoms with Gasteiger partial charge in [0.2, 0.25) is 5.95 Å². The molecule has 0 bridgehead atoms. The third kappa shape index (κ3) is 2.57. The first-order valence-electron chi connectivity index (χ1n) is 7.73. The van der Waals surface area contributed by atoms with Gasteiger partial charge in [0.25, 0.3) is 0 Å². The number of halogens is 1. The van der Waals surface area contributed by atoms with Crippen LogP contribution < -0.4 is 10.6 Å². The Balaban J connectivity index is 1.97. The van der Waals surface area contributed by atoms with Crippen molar-refractivity contribution in [1.29, 1.82) is 0 Å². The number of hydrogen-bond donors (Lipinski definition) is 1. The number of benzene rings is 1. The molecule has 0 unspecified atom stereocenters. The summed E-state index contributed by atoms with van der Waals surface area (Å²) in [6, 6.07) is 7.65. The van der Waals surface area contributed by atoms with Crippen molar-refractivity contribution in [2.45, 2.75) is 0 Å². The number of fused-ring (bicyclic) bond motifs is 1. The molecule has 0 saturated carbocycles. The molecule has 0 spiro atoms. The van der Waals surface area contributed by atoms with Crippen molar-refractivity contribution in [2.75, 3.05) is 35.2 Å². The van der Waals surface area contributed by atoms with E-state index in [-0.39, 0.29) is 0 Å². The zero-order chi connectivity index (χ0) is 16.7. The summed E-state index contributed by atoms with van der Waals surface area (Å²) >= 11 is 8.36. The van der Waals surface area contributed by atoms with Gasteiger partial charge in [0.05, 0.1) is 11.1 Å². The second kappa shape index (κ2) is 6.14. The van der Waals surface area contributed by atoms with E-state index in [0.717, 1.165) is 41.2 Å². The second-order valence-electron chi connectivity index (χ2n) is 5.66. The summed E-state index contributed by atoms with van der Waals surface area (Å²) in [4.78, 5) is 11.7. The van der Waals surface area contributed by atoms with Crippen LogP contribution in [0.5, 0.6) is 0 Å². The molecular weight excluding hydrogens is 344 g/mol. The molecule has 1 aliphatic heterocycles. The summed E-state index contributed by atoms with van der Waals surface area (Å²) in [5.41, 5.74) is 8.41. The SMILES string of the molecule is Cn1nc2nc(N3CCSCC3)nc(-c3ccccc3Cl)c2c1N. The van der Waals surface area contributed by atoms with Crippen LogP contribution >= 0.6 is 23.4 Å². The van der Waals surface area contributed by atoms with E-state index < -0.39 is 0 Å². The summed E-state index contributed by atoms with van der Waals surface area (Å²) in [6.45, 7) is 1.86. The van der Waals surface area contributed by atoms with Gasteiger partial charge in [-0.3, -0.25) is 4.68 Å². The molecule has 3 aromatic rings. The summed E-state index contributed by atoms with van der Waals surface area (Å²) in [5.74, 6) is 3.39. The van der Waals surface area contributed by atoms with Crippen LogP contribution in [0.15, 0.2) is 24.3 Å². The topological polar surface area (TPSA) is 72.9 Å². The molecule has 1 fully saturated rings. The van der Waals surface area contributed by atoms with E-state index in [0.29, 0.717) is 22.4 Å². The van der Waals surface area contributed by atoms with E-state index in [1.807, 2.05) is 43.1 Å². The monoisotopic (exact) mass is 360 g/mol. The number of nitrogen functional groups attached to an aromatic ring is 1. The first-order valence-corrected chi connectivity index (χ1v) is 9.26. The number of aryl methyl sites for hydroxylation is 1. The van der Waals surface area contributed by atoms with E-state index >= 15 is 0 Å². The van der Waals surface area contributed by atoms with Gasteiger partial charge in [0, 0.05) is 42.2 Å². The average molecular weight is 361 g/mol. The molecule has 2 N–H and O–H groups in total. The normalized spacial score (nSPS) is 15.2. The van der Waals surface area contributed by atoms with Crippen molar-refractivity contribution in [3.05, 3.63) is 29.3 Å². The van der Waals surface area contributed by atoms with Crippen LogP contribution in [-0.4, -0.2) is 44.3 Å². The highest BCUT2D eigenvalue weighted by Gasteiger charge is 2.22. The molecular formula is C16H17ClN6S. The van der Waals surface area contributed by atoms with Crippen molar-refractivity contribution in [3.8, 4) is 11.3 Å². The lowest BCUT2D eigenvalue weighted by Crippen LogP contribution is -2.33. The van der Waals surface area contributed by atoms with Crippen molar-refractivity contribution >= 4 is 46.2 Å². The maximum atomic E-state index is 6.41. The number of thioether (sulfide) groups is 1. The van der Waals surface area contributed by atoms with E-state index in [4.69, 9.17) is 22.3 Å². The van der Waals surface area contributed by atoms with Crippen LogP contribution in [0.3, 0.4) is 0 Å². The van der Waals surface area contributed by atoms with E-state index in [2.05, 4.69) is 15.0 Å². The molecule has 24 heavy (non-hydrogen) atoms. The molecule has 0 radical (unpaired) electrons. The van der Waals surface area contributed by atoms with Crippen LogP contribution in [0, 0.1) is 0 Å². The Labute approximate surface area is 149 Å². The molecule has 4 rings (SSSR count). The lowest BCUT2D eigenvalue weighted by molar-refractivity contribution is 0.782. The smallest absolute Gasteiger partial charge is 0.228 e. The maximum Gasteiger partial charge on any atom is 0.228 e. The maximum absolute atomic E-state index is 6.41. The van der Waals surface area contributed by atoms with Crippen LogP contribution in [0.2, 0.25) is 5.02 Å². The quantitative estimate of drug-likeness (QED) is 0.757. The standard InChI is InChI=1S/C16H17ClN6S/c1-22-14(18)12-13(10-4-2-3-5-11(10)17)19-16(20-15(12)21-22)23-6-8-24-9-7-23/h2-5H,6-9,18H2,1H3. The van der Waals surface area contributed by atoms with Crippen molar-refractivity contribution in [2.24, 2.45) is 7.05 Å². The molecule has 1 aliphatic rings. The molecule has 1 aromatic carbocycles. The number of nitrogens with zero attached hydrogens (tertiary/aromatic N) is 5. The fourth-order valence-electron chi connectivity index (χ4n) is 2.86. The van der Waals surface area contributed by atoms with Crippen LogP contribution in [-0.2, 0) is 7.05 Å². The van der Waals surface area contributed by atoms with Gasteiger partial charge < -0.3 is 10.6 Å². The minimum absolute atomic E-state index is 0.542. The highest BCUT2D eigenvalue weighted by atomic mass is 35.5. The van der Waals surface area contributed by atoms with Gasteiger partial charge in [0.15, 0.2) is 5.65 Å². The molecule has 0 amide bonds. The van der Waals surface area contributed by atoms with Crippen LogP contribution in [0.1, 0.15) is 0 Å². The molecule has 3 heterocycles. The van der Waals surface area contributed by atoms with Gasteiger partial charge in [0.1, 0.15) is 5.82 Å². The van der Waals surface area contributed by atoms with E-state index in [9.17, 15) is 0 Å². The zero-order valence-corrected chi connectivity index (χ0v) is 14.8. The lowest BCUT2D eigenvalue weighted by atomic mass is 10.1. The van der Waals surface area contributed by atoms with Gasteiger partial charge in [-0.25, -0.2) is 4.98 Å². The summed E-state index contributed by atoms with van der Waals surface area (Å²) in [7, 11) is 1.81. The molecule has 0 atom stereocenters. The molecule has 6 nitrogen and oxygen atoms in total. The Morgan fingerprint density at radius 1 is 1.17 bits per heavy atom. The van der Waals surface area contributed by atoms with E-state index in [1.54, 1.807) is 4.68 Å². The van der Waals surface area contributed by atoms with Crippen molar-refractivity contribution in [3.63, 3.8) is 0 Å².